The van der Waals surface area contributed by atoms with Gasteiger partial charge in [0.05, 0.1) is 11.6 Å². The molecule has 5 heteroatoms. The molecule has 2 nitrogen and oxygen atoms in total. The summed E-state index contributed by atoms with van der Waals surface area (Å²) in [5, 5.41) is 10.1. The first kappa shape index (κ1) is 14.0. The van der Waals surface area contributed by atoms with Crippen LogP contribution in [0.2, 0.25) is 0 Å². The second-order valence-corrected chi connectivity index (χ2v) is 4.82. The van der Waals surface area contributed by atoms with Crippen molar-refractivity contribution in [3.8, 4) is 5.75 Å². The molecule has 2 aromatic carbocycles. The van der Waals surface area contributed by atoms with E-state index >= 15 is 0 Å². The number of hydrogen-bond donors (Lipinski definition) is 1. The van der Waals surface area contributed by atoms with Gasteiger partial charge in [-0.3, -0.25) is 0 Å². The van der Waals surface area contributed by atoms with Crippen molar-refractivity contribution in [3.05, 3.63) is 63.6 Å². The average molecular weight is 329 g/mol. The van der Waals surface area contributed by atoms with Gasteiger partial charge in [-0.25, -0.2) is 8.78 Å². The Balaban J connectivity index is 2.38. The molecule has 0 spiro atoms. The lowest BCUT2D eigenvalue weighted by molar-refractivity contribution is 0.214. The first-order chi connectivity index (χ1) is 9.02. The summed E-state index contributed by atoms with van der Waals surface area (Å²) in [5.41, 5.74) is 0.354. The Bertz CT molecular complexity index is 602. The lowest BCUT2D eigenvalue weighted by Gasteiger charge is -2.13. The van der Waals surface area contributed by atoms with E-state index in [-0.39, 0.29) is 11.1 Å². The summed E-state index contributed by atoms with van der Waals surface area (Å²) in [5.74, 6) is -0.754. The van der Waals surface area contributed by atoms with Crippen LogP contribution in [-0.2, 0) is 0 Å². The van der Waals surface area contributed by atoms with E-state index in [1.54, 1.807) is 0 Å². The molecule has 1 unspecified atom stereocenters. The van der Waals surface area contributed by atoms with Crippen molar-refractivity contribution in [3.63, 3.8) is 0 Å². The van der Waals surface area contributed by atoms with Gasteiger partial charge in [0.15, 0.2) is 0 Å². The molecule has 0 bridgehead atoms. The largest absolute Gasteiger partial charge is 0.497 e. The van der Waals surface area contributed by atoms with Crippen molar-refractivity contribution in [2.24, 2.45) is 0 Å². The first-order valence-electron chi connectivity index (χ1n) is 5.49. The third-order valence-electron chi connectivity index (χ3n) is 2.76. The summed E-state index contributed by atoms with van der Waals surface area (Å²) in [7, 11) is 1.43. The molecule has 0 saturated carbocycles. The molecule has 0 fully saturated rings. The predicted molar refractivity (Wildman–Crippen MR) is 71.1 cm³/mol. The van der Waals surface area contributed by atoms with E-state index in [4.69, 9.17) is 4.74 Å². The van der Waals surface area contributed by atoms with E-state index in [1.807, 2.05) is 0 Å². The Morgan fingerprint density at radius 1 is 1.11 bits per heavy atom. The molecule has 2 rings (SSSR count). The predicted octanol–water partition coefficient (Wildman–Crippen LogP) is 3.82. The van der Waals surface area contributed by atoms with Crippen molar-refractivity contribution in [2.45, 2.75) is 6.10 Å². The first-order valence-corrected chi connectivity index (χ1v) is 6.28. The highest BCUT2D eigenvalue weighted by Crippen LogP contribution is 2.28. The summed E-state index contributed by atoms with van der Waals surface area (Å²) in [4.78, 5) is 0. The Hall–Kier alpha value is -1.46. The molecule has 100 valence electrons. The topological polar surface area (TPSA) is 29.5 Å². The molecular weight excluding hydrogens is 318 g/mol. The third-order valence-corrected chi connectivity index (χ3v) is 3.40. The van der Waals surface area contributed by atoms with Crippen LogP contribution >= 0.6 is 15.9 Å². The van der Waals surface area contributed by atoms with Gasteiger partial charge in [0.25, 0.3) is 0 Å². The minimum atomic E-state index is -1.23. The molecule has 0 amide bonds. The summed E-state index contributed by atoms with van der Waals surface area (Å²) in [6.07, 6.45) is -1.23. The van der Waals surface area contributed by atoms with Gasteiger partial charge in [-0.15, -0.1) is 0 Å². The summed E-state index contributed by atoms with van der Waals surface area (Å²) >= 11 is 3.02. The Morgan fingerprint density at radius 3 is 2.42 bits per heavy atom. The molecule has 0 aromatic heterocycles. The van der Waals surface area contributed by atoms with Crippen LogP contribution in [0.25, 0.3) is 0 Å². The summed E-state index contributed by atoms with van der Waals surface area (Å²) in [6.45, 7) is 0. The monoisotopic (exact) mass is 328 g/mol. The summed E-state index contributed by atoms with van der Waals surface area (Å²) in [6, 6.07) is 8.29. The second-order valence-electron chi connectivity index (χ2n) is 3.96. The van der Waals surface area contributed by atoms with Gasteiger partial charge < -0.3 is 9.84 Å². The van der Waals surface area contributed by atoms with Crippen LogP contribution in [-0.4, -0.2) is 12.2 Å². The lowest BCUT2D eigenvalue weighted by atomic mass is 10.0. The van der Waals surface area contributed by atoms with Crippen LogP contribution in [0.15, 0.2) is 40.9 Å². The maximum atomic E-state index is 13.8. The van der Waals surface area contributed by atoms with Crippen molar-refractivity contribution in [2.75, 3.05) is 7.11 Å². The zero-order valence-electron chi connectivity index (χ0n) is 10.0. The van der Waals surface area contributed by atoms with Crippen molar-refractivity contribution < 1.29 is 18.6 Å². The number of ether oxygens (including phenoxy) is 1. The number of halogens is 3. The number of aliphatic hydroxyl groups excluding tert-OH is 1. The van der Waals surface area contributed by atoms with E-state index in [0.717, 1.165) is 0 Å². The molecule has 0 aliphatic rings. The van der Waals surface area contributed by atoms with Crippen LogP contribution in [0.3, 0.4) is 0 Å². The van der Waals surface area contributed by atoms with Crippen molar-refractivity contribution >= 4 is 15.9 Å². The standard InChI is InChI=1S/C14H11BrF2O2/c1-19-9-3-4-10(12(16)7-9)14(18)8-2-5-11(15)13(17)6-8/h2-7,14,18H,1H3. The van der Waals surface area contributed by atoms with Crippen LogP contribution in [0.5, 0.6) is 5.75 Å². The normalized spacial score (nSPS) is 12.3. The van der Waals surface area contributed by atoms with E-state index < -0.39 is 17.7 Å². The highest BCUT2D eigenvalue weighted by Gasteiger charge is 2.16. The van der Waals surface area contributed by atoms with E-state index in [1.165, 1.54) is 43.5 Å². The van der Waals surface area contributed by atoms with Gasteiger partial charge in [0.1, 0.15) is 23.5 Å². The van der Waals surface area contributed by atoms with Crippen molar-refractivity contribution in [1.82, 2.24) is 0 Å². The molecular formula is C14H11BrF2O2. The number of benzene rings is 2. The lowest BCUT2D eigenvalue weighted by Crippen LogP contribution is -2.03. The highest BCUT2D eigenvalue weighted by molar-refractivity contribution is 9.10. The maximum Gasteiger partial charge on any atom is 0.137 e. The van der Waals surface area contributed by atoms with Crippen LogP contribution in [0.1, 0.15) is 17.2 Å². The Kier molecular flexibility index (Phi) is 4.17. The minimum Gasteiger partial charge on any atom is -0.497 e. The van der Waals surface area contributed by atoms with E-state index in [9.17, 15) is 13.9 Å². The number of methoxy groups -OCH3 is 1. The number of hydrogen-bond acceptors (Lipinski definition) is 2. The highest BCUT2D eigenvalue weighted by atomic mass is 79.9. The zero-order valence-corrected chi connectivity index (χ0v) is 11.6. The number of aliphatic hydroxyl groups is 1. The van der Waals surface area contributed by atoms with Gasteiger partial charge in [0, 0.05) is 11.6 Å². The molecule has 0 aliphatic carbocycles. The van der Waals surface area contributed by atoms with Gasteiger partial charge in [-0.2, -0.15) is 0 Å². The Morgan fingerprint density at radius 2 is 1.84 bits per heavy atom. The van der Waals surface area contributed by atoms with Crippen LogP contribution in [0, 0.1) is 11.6 Å². The smallest absolute Gasteiger partial charge is 0.137 e. The molecule has 0 aliphatic heterocycles. The van der Waals surface area contributed by atoms with Crippen molar-refractivity contribution in [1.29, 1.82) is 0 Å². The summed E-state index contributed by atoms with van der Waals surface area (Å²) < 4.78 is 32.4. The fourth-order valence-corrected chi connectivity index (χ4v) is 1.97. The molecule has 19 heavy (non-hydrogen) atoms. The zero-order chi connectivity index (χ0) is 14.0. The average Bonchev–Trinajstić information content (AvgIpc) is 2.41. The molecule has 0 saturated heterocycles. The van der Waals surface area contributed by atoms with E-state index in [2.05, 4.69) is 15.9 Å². The fraction of sp³-hybridized carbons (Fsp3) is 0.143. The molecule has 0 radical (unpaired) electrons. The molecule has 1 atom stereocenters. The SMILES string of the molecule is COc1ccc(C(O)c2ccc(Br)c(F)c2)c(F)c1. The Labute approximate surface area is 117 Å². The van der Waals surface area contributed by atoms with Gasteiger partial charge in [-0.1, -0.05) is 6.07 Å². The molecule has 0 heterocycles. The van der Waals surface area contributed by atoms with Crippen LogP contribution in [0.4, 0.5) is 8.78 Å². The molecule has 1 N–H and O–H groups in total. The quantitative estimate of drug-likeness (QED) is 0.928. The third kappa shape index (κ3) is 2.93. The second kappa shape index (κ2) is 5.67. The fourth-order valence-electron chi connectivity index (χ4n) is 1.72. The van der Waals surface area contributed by atoms with Crippen LogP contribution < -0.4 is 4.74 Å². The maximum absolute atomic E-state index is 13.8. The van der Waals surface area contributed by atoms with E-state index in [0.29, 0.717) is 10.2 Å². The molecule has 2 aromatic rings. The minimum absolute atomic E-state index is 0.0718. The number of rotatable bonds is 3. The van der Waals surface area contributed by atoms with Gasteiger partial charge in [-0.05, 0) is 45.8 Å². The van der Waals surface area contributed by atoms with Gasteiger partial charge in [0.2, 0.25) is 0 Å². The van der Waals surface area contributed by atoms with Gasteiger partial charge >= 0.3 is 0 Å².